The number of methoxy groups -OCH3 is 1. The van der Waals surface area contributed by atoms with Gasteiger partial charge >= 0.3 is 0 Å². The van der Waals surface area contributed by atoms with Gasteiger partial charge in [-0.2, -0.15) is 0 Å². The van der Waals surface area contributed by atoms with Gasteiger partial charge < -0.3 is 15.8 Å². The van der Waals surface area contributed by atoms with Crippen LogP contribution in [-0.4, -0.2) is 13.0 Å². The van der Waals surface area contributed by atoms with Crippen LogP contribution in [0.2, 0.25) is 0 Å². The van der Waals surface area contributed by atoms with Crippen molar-refractivity contribution in [1.82, 2.24) is 0 Å². The number of hydrogen-bond donors (Lipinski definition) is 2. The predicted octanol–water partition coefficient (Wildman–Crippen LogP) is 2.77. The molecule has 0 bridgehead atoms. The van der Waals surface area contributed by atoms with Crippen molar-refractivity contribution in [2.24, 2.45) is 0 Å². The van der Waals surface area contributed by atoms with Gasteiger partial charge in [-0.15, -0.1) is 0 Å². The zero-order chi connectivity index (χ0) is 14.5. The molecule has 0 heterocycles. The molecule has 0 saturated carbocycles. The minimum atomic E-state index is -0.0562. The lowest BCUT2D eigenvalue weighted by Gasteiger charge is -2.08. The lowest BCUT2D eigenvalue weighted by Crippen LogP contribution is -2.14. The summed E-state index contributed by atoms with van der Waals surface area (Å²) in [5, 5.41) is 2.86. The maximum absolute atomic E-state index is 12.0. The van der Waals surface area contributed by atoms with E-state index < -0.39 is 0 Å². The number of nitrogens with two attached hydrogens (primary N) is 1. The molecule has 0 aromatic heterocycles. The Balaban J connectivity index is 1.99. The first kappa shape index (κ1) is 13.9. The molecule has 0 radical (unpaired) electrons. The second kappa shape index (κ2) is 6.10. The summed E-state index contributed by atoms with van der Waals surface area (Å²) in [7, 11) is 1.62. The number of nitrogen functional groups attached to an aromatic ring is 1. The Morgan fingerprint density at radius 2 is 1.90 bits per heavy atom. The molecule has 4 heteroatoms. The summed E-state index contributed by atoms with van der Waals surface area (Å²) in [4.78, 5) is 12.0. The number of aryl methyl sites for hydroxylation is 1. The molecule has 4 nitrogen and oxygen atoms in total. The molecule has 0 aliphatic carbocycles. The molecule has 2 aromatic rings. The van der Waals surface area contributed by atoms with E-state index in [-0.39, 0.29) is 5.91 Å². The molecule has 0 saturated heterocycles. The van der Waals surface area contributed by atoms with Gasteiger partial charge in [0.2, 0.25) is 5.91 Å². The second-order valence-corrected chi connectivity index (χ2v) is 4.64. The maximum Gasteiger partial charge on any atom is 0.228 e. The second-order valence-electron chi connectivity index (χ2n) is 4.64. The monoisotopic (exact) mass is 270 g/mol. The molecular formula is C16H18N2O2. The van der Waals surface area contributed by atoms with Crippen molar-refractivity contribution in [2.45, 2.75) is 13.3 Å². The number of benzene rings is 2. The summed E-state index contributed by atoms with van der Waals surface area (Å²) >= 11 is 0. The van der Waals surface area contributed by atoms with Crippen molar-refractivity contribution in [3.63, 3.8) is 0 Å². The molecule has 1 amide bonds. The lowest BCUT2D eigenvalue weighted by atomic mass is 10.1. The molecule has 0 aliphatic heterocycles. The highest BCUT2D eigenvalue weighted by molar-refractivity contribution is 5.92. The van der Waals surface area contributed by atoms with Gasteiger partial charge in [-0.1, -0.05) is 12.1 Å². The largest absolute Gasteiger partial charge is 0.497 e. The Kier molecular flexibility index (Phi) is 4.25. The zero-order valence-electron chi connectivity index (χ0n) is 11.6. The van der Waals surface area contributed by atoms with Crippen LogP contribution in [0.4, 0.5) is 11.4 Å². The van der Waals surface area contributed by atoms with E-state index in [0.717, 1.165) is 28.3 Å². The van der Waals surface area contributed by atoms with Crippen LogP contribution in [0.5, 0.6) is 5.75 Å². The van der Waals surface area contributed by atoms with Crippen LogP contribution >= 0.6 is 0 Å². The zero-order valence-corrected chi connectivity index (χ0v) is 11.6. The van der Waals surface area contributed by atoms with Gasteiger partial charge in [0, 0.05) is 11.4 Å². The number of amides is 1. The summed E-state index contributed by atoms with van der Waals surface area (Å²) in [5.74, 6) is 0.725. The Morgan fingerprint density at radius 3 is 2.50 bits per heavy atom. The third-order valence-electron chi connectivity index (χ3n) is 3.08. The Morgan fingerprint density at radius 1 is 1.20 bits per heavy atom. The molecule has 20 heavy (non-hydrogen) atoms. The average molecular weight is 270 g/mol. The van der Waals surface area contributed by atoms with E-state index in [2.05, 4.69) is 5.32 Å². The molecule has 0 fully saturated rings. The van der Waals surface area contributed by atoms with E-state index in [4.69, 9.17) is 10.5 Å². The van der Waals surface area contributed by atoms with E-state index in [0.29, 0.717) is 6.42 Å². The summed E-state index contributed by atoms with van der Waals surface area (Å²) in [6, 6.07) is 12.9. The van der Waals surface area contributed by atoms with Gasteiger partial charge in [-0.25, -0.2) is 0 Å². The quantitative estimate of drug-likeness (QED) is 0.840. The van der Waals surface area contributed by atoms with Crippen LogP contribution in [0.3, 0.4) is 0 Å². The van der Waals surface area contributed by atoms with Gasteiger partial charge in [0.05, 0.1) is 13.5 Å². The van der Waals surface area contributed by atoms with Crippen LogP contribution in [0.25, 0.3) is 0 Å². The van der Waals surface area contributed by atoms with Gasteiger partial charge in [-0.3, -0.25) is 4.79 Å². The maximum atomic E-state index is 12.0. The number of nitrogens with one attached hydrogen (secondary N) is 1. The fourth-order valence-electron chi connectivity index (χ4n) is 1.89. The number of carbonyl (C=O) groups is 1. The summed E-state index contributed by atoms with van der Waals surface area (Å²) in [6.07, 6.45) is 0.327. The summed E-state index contributed by atoms with van der Waals surface area (Å²) in [6.45, 7) is 1.91. The third kappa shape index (κ3) is 3.51. The molecule has 0 unspecified atom stereocenters. The molecular weight excluding hydrogens is 252 g/mol. The molecule has 0 atom stereocenters. The van der Waals surface area contributed by atoms with E-state index in [9.17, 15) is 4.79 Å². The van der Waals surface area contributed by atoms with Gasteiger partial charge in [0.1, 0.15) is 5.75 Å². The minimum Gasteiger partial charge on any atom is -0.497 e. The van der Waals surface area contributed by atoms with Gasteiger partial charge in [-0.05, 0) is 48.4 Å². The lowest BCUT2D eigenvalue weighted by molar-refractivity contribution is -0.115. The van der Waals surface area contributed by atoms with E-state index in [1.807, 2.05) is 37.3 Å². The number of ether oxygens (including phenoxy) is 1. The number of anilines is 2. The highest BCUT2D eigenvalue weighted by atomic mass is 16.5. The first-order valence-electron chi connectivity index (χ1n) is 6.37. The Labute approximate surface area is 118 Å². The van der Waals surface area contributed by atoms with Crippen LogP contribution in [0.1, 0.15) is 11.1 Å². The Hall–Kier alpha value is -2.49. The highest BCUT2D eigenvalue weighted by Crippen LogP contribution is 2.17. The van der Waals surface area contributed by atoms with Crippen LogP contribution in [0.15, 0.2) is 42.5 Å². The van der Waals surface area contributed by atoms with Crippen LogP contribution in [0, 0.1) is 6.92 Å². The number of rotatable bonds is 4. The molecule has 104 valence electrons. The molecule has 2 aromatic carbocycles. The summed E-state index contributed by atoms with van der Waals surface area (Å²) in [5.41, 5.74) is 9.12. The molecule has 3 N–H and O–H groups in total. The Bertz CT molecular complexity index is 606. The highest BCUT2D eigenvalue weighted by Gasteiger charge is 2.05. The van der Waals surface area contributed by atoms with Crippen molar-refractivity contribution in [2.75, 3.05) is 18.2 Å². The van der Waals surface area contributed by atoms with Crippen LogP contribution in [-0.2, 0) is 11.2 Å². The van der Waals surface area contributed by atoms with Gasteiger partial charge in [0.25, 0.3) is 0 Å². The minimum absolute atomic E-state index is 0.0562. The molecule has 2 rings (SSSR count). The van der Waals surface area contributed by atoms with E-state index in [1.54, 1.807) is 19.2 Å². The summed E-state index contributed by atoms with van der Waals surface area (Å²) < 4.78 is 5.08. The molecule has 0 aliphatic rings. The molecule has 0 spiro atoms. The van der Waals surface area contributed by atoms with Crippen LogP contribution < -0.4 is 15.8 Å². The smallest absolute Gasteiger partial charge is 0.228 e. The van der Waals surface area contributed by atoms with Gasteiger partial charge in [0.15, 0.2) is 0 Å². The average Bonchev–Trinajstić information content (AvgIpc) is 2.44. The van der Waals surface area contributed by atoms with E-state index >= 15 is 0 Å². The number of hydrogen-bond acceptors (Lipinski definition) is 3. The van der Waals surface area contributed by atoms with Crippen molar-refractivity contribution in [1.29, 1.82) is 0 Å². The first-order chi connectivity index (χ1) is 9.58. The first-order valence-corrected chi connectivity index (χ1v) is 6.37. The third-order valence-corrected chi connectivity index (χ3v) is 3.08. The van der Waals surface area contributed by atoms with E-state index in [1.165, 1.54) is 0 Å². The standard InChI is InChI=1S/C16H18N2O2/c1-11-9-13(5-8-15(11)17)18-16(19)10-12-3-6-14(20-2)7-4-12/h3-9H,10,17H2,1-2H3,(H,18,19). The predicted molar refractivity (Wildman–Crippen MR) is 80.9 cm³/mol. The normalized spacial score (nSPS) is 10.1. The fraction of sp³-hybridized carbons (Fsp3) is 0.188. The topological polar surface area (TPSA) is 64.3 Å². The number of carbonyl (C=O) groups excluding carboxylic acids is 1. The van der Waals surface area contributed by atoms with Crippen molar-refractivity contribution < 1.29 is 9.53 Å². The fourth-order valence-corrected chi connectivity index (χ4v) is 1.89. The van der Waals surface area contributed by atoms with Crippen molar-refractivity contribution in [3.05, 3.63) is 53.6 Å². The van der Waals surface area contributed by atoms with Crippen molar-refractivity contribution in [3.8, 4) is 5.75 Å². The SMILES string of the molecule is COc1ccc(CC(=O)Nc2ccc(N)c(C)c2)cc1. The van der Waals surface area contributed by atoms with Crippen molar-refractivity contribution >= 4 is 17.3 Å².